The normalized spacial score (nSPS) is 22.9. The number of guanidine groups is 1. The fraction of sp³-hybridized carbons (Fsp3) is 0.190. The van der Waals surface area contributed by atoms with Gasteiger partial charge in [0.15, 0.2) is 12.2 Å². The second-order valence-corrected chi connectivity index (χ2v) is 7.24. The highest BCUT2D eigenvalue weighted by Crippen LogP contribution is 2.39. The van der Waals surface area contributed by atoms with Crippen molar-refractivity contribution in [2.45, 2.75) is 19.1 Å². The number of hydrogen-bond acceptors (Lipinski definition) is 5. The van der Waals surface area contributed by atoms with Gasteiger partial charge in [-0.2, -0.15) is 0 Å². The Bertz CT molecular complexity index is 1090. The number of halogens is 1. The number of hydrogen-bond donors (Lipinski definition) is 1. The topological polar surface area (TPSA) is 68.2 Å². The summed E-state index contributed by atoms with van der Waals surface area (Å²) in [7, 11) is 1.62. The van der Waals surface area contributed by atoms with Crippen molar-refractivity contribution < 1.29 is 14.0 Å². The molecule has 0 bridgehead atoms. The van der Waals surface area contributed by atoms with Gasteiger partial charge in [-0.1, -0.05) is 18.2 Å². The van der Waals surface area contributed by atoms with Crippen LogP contribution in [0.15, 0.2) is 59.7 Å². The molecule has 1 fully saturated rings. The maximum absolute atomic E-state index is 13.5. The summed E-state index contributed by atoms with van der Waals surface area (Å²) in [6, 6.07) is 12.9. The van der Waals surface area contributed by atoms with Crippen molar-refractivity contribution >= 4 is 29.3 Å². The number of nitrogens with one attached hydrogen (secondary N) is 1. The van der Waals surface area contributed by atoms with Crippen LogP contribution in [0.2, 0.25) is 0 Å². The first-order chi connectivity index (χ1) is 14.0. The monoisotopic (exact) mass is 391 g/mol. The fourth-order valence-corrected chi connectivity index (χ4v) is 3.96. The Morgan fingerprint density at radius 2 is 1.79 bits per heavy atom. The molecule has 0 saturated carbocycles. The molecule has 2 aromatic carbocycles. The number of anilines is 1. The number of aryl methyl sites for hydroxylation is 1. The number of likely N-dealkylation sites (N-methyl/N-ethyl adjacent to an activating group) is 1. The number of nitrogens with zero attached hydrogens (tertiary/aromatic N) is 4. The standard InChI is InChI=1S/C21H18FN5O2/c1-12-5-3-4-6-15(12)27-16(13-7-9-14(22)10-8-13)11-26-17-18(23-20(26)27)25(2)21(29)24-19(17)28/h3-11,17-18H,1-2H3,(H,24,28,29). The molecule has 2 atom stereocenters. The van der Waals surface area contributed by atoms with Crippen LogP contribution in [0.5, 0.6) is 0 Å². The third-order valence-corrected chi connectivity index (χ3v) is 5.48. The lowest BCUT2D eigenvalue weighted by Gasteiger charge is -2.34. The predicted octanol–water partition coefficient (Wildman–Crippen LogP) is 2.50. The lowest BCUT2D eigenvalue weighted by atomic mass is 10.1. The zero-order valence-corrected chi connectivity index (χ0v) is 15.8. The van der Waals surface area contributed by atoms with Crippen LogP contribution in [-0.4, -0.2) is 47.0 Å². The molecule has 7 nitrogen and oxygen atoms in total. The lowest BCUT2D eigenvalue weighted by Crippen LogP contribution is -2.62. The van der Waals surface area contributed by atoms with Crippen LogP contribution >= 0.6 is 0 Å². The first-order valence-electron chi connectivity index (χ1n) is 9.23. The largest absolute Gasteiger partial charge is 0.325 e. The van der Waals surface area contributed by atoms with Crippen molar-refractivity contribution in [1.29, 1.82) is 0 Å². The summed E-state index contributed by atoms with van der Waals surface area (Å²) in [6.07, 6.45) is 1.23. The van der Waals surface area contributed by atoms with E-state index in [2.05, 4.69) is 5.32 Å². The van der Waals surface area contributed by atoms with Gasteiger partial charge in [0.05, 0.1) is 11.4 Å². The number of amides is 3. The van der Waals surface area contributed by atoms with Crippen LogP contribution in [0.25, 0.3) is 5.70 Å². The molecule has 146 valence electrons. The molecule has 0 radical (unpaired) electrons. The van der Waals surface area contributed by atoms with Gasteiger partial charge in [-0.25, -0.2) is 14.2 Å². The van der Waals surface area contributed by atoms with Crippen molar-refractivity contribution in [3.8, 4) is 0 Å². The minimum absolute atomic E-state index is 0.320. The number of para-hydroxylation sites is 1. The van der Waals surface area contributed by atoms with Gasteiger partial charge in [-0.3, -0.25) is 19.9 Å². The molecule has 5 rings (SSSR count). The van der Waals surface area contributed by atoms with Crippen molar-refractivity contribution in [2.75, 3.05) is 11.9 Å². The Labute approximate surface area is 166 Å². The van der Waals surface area contributed by atoms with E-state index < -0.39 is 24.1 Å². The molecule has 0 aromatic heterocycles. The zero-order valence-electron chi connectivity index (χ0n) is 15.8. The molecule has 3 amide bonds. The predicted molar refractivity (Wildman–Crippen MR) is 106 cm³/mol. The summed E-state index contributed by atoms with van der Waals surface area (Å²) in [6.45, 7) is 1.99. The van der Waals surface area contributed by atoms with Gasteiger partial charge in [-0.05, 0) is 42.8 Å². The van der Waals surface area contributed by atoms with Crippen LogP contribution in [0.1, 0.15) is 11.1 Å². The van der Waals surface area contributed by atoms with Gasteiger partial charge in [0, 0.05) is 18.8 Å². The SMILES string of the molecule is Cc1ccccc1N1C(c2ccc(F)cc2)=CN2C1=NC1C2C(=O)NC(=O)N1C. The molecule has 3 heterocycles. The van der Waals surface area contributed by atoms with E-state index in [-0.39, 0.29) is 5.82 Å². The first-order valence-corrected chi connectivity index (χ1v) is 9.23. The maximum atomic E-state index is 13.5. The molecule has 0 aliphatic carbocycles. The van der Waals surface area contributed by atoms with Crippen LogP contribution < -0.4 is 10.2 Å². The van der Waals surface area contributed by atoms with Gasteiger partial charge in [0.25, 0.3) is 5.91 Å². The minimum Gasteiger partial charge on any atom is -0.303 e. The highest BCUT2D eigenvalue weighted by molar-refractivity contribution is 6.16. The third-order valence-electron chi connectivity index (χ3n) is 5.48. The number of rotatable bonds is 2. The average Bonchev–Trinajstić information content (AvgIpc) is 3.24. The smallest absolute Gasteiger partial charge is 0.303 e. The summed E-state index contributed by atoms with van der Waals surface area (Å²) < 4.78 is 13.5. The second kappa shape index (κ2) is 6.16. The van der Waals surface area contributed by atoms with Gasteiger partial charge < -0.3 is 4.90 Å². The number of fused-ring (bicyclic) bond motifs is 3. The van der Waals surface area contributed by atoms with E-state index in [0.717, 1.165) is 22.5 Å². The summed E-state index contributed by atoms with van der Waals surface area (Å²) in [5.74, 6) is -0.150. The highest BCUT2D eigenvalue weighted by Gasteiger charge is 2.52. The van der Waals surface area contributed by atoms with Crippen molar-refractivity contribution in [1.82, 2.24) is 15.1 Å². The Hall–Kier alpha value is -3.68. The van der Waals surface area contributed by atoms with E-state index in [1.54, 1.807) is 24.1 Å². The number of carbonyl (C=O) groups excluding carboxylic acids is 2. The first kappa shape index (κ1) is 17.4. The summed E-state index contributed by atoms with van der Waals surface area (Å²) in [5, 5.41) is 2.38. The Morgan fingerprint density at radius 3 is 2.52 bits per heavy atom. The van der Waals surface area contributed by atoms with Gasteiger partial charge in [-0.15, -0.1) is 0 Å². The molecule has 1 N–H and O–H groups in total. The molecule has 8 heteroatoms. The molecule has 2 unspecified atom stereocenters. The minimum atomic E-state index is -0.655. The van der Waals surface area contributed by atoms with Crippen LogP contribution in [0, 0.1) is 12.7 Å². The van der Waals surface area contributed by atoms with Crippen LogP contribution in [0.3, 0.4) is 0 Å². The van der Waals surface area contributed by atoms with Crippen molar-refractivity contribution in [2.24, 2.45) is 4.99 Å². The number of aliphatic imine (C=N–C) groups is 1. The molecule has 2 aromatic rings. The van der Waals surface area contributed by atoms with E-state index in [0.29, 0.717) is 5.96 Å². The van der Waals surface area contributed by atoms with E-state index in [4.69, 9.17) is 4.99 Å². The second-order valence-electron chi connectivity index (χ2n) is 7.24. The Morgan fingerprint density at radius 1 is 1.07 bits per heavy atom. The van der Waals surface area contributed by atoms with Gasteiger partial charge in [0.2, 0.25) is 5.96 Å². The van der Waals surface area contributed by atoms with E-state index >= 15 is 0 Å². The van der Waals surface area contributed by atoms with Crippen molar-refractivity contribution in [3.63, 3.8) is 0 Å². The number of benzene rings is 2. The maximum Gasteiger partial charge on any atom is 0.325 e. The molecule has 3 aliphatic heterocycles. The van der Waals surface area contributed by atoms with Gasteiger partial charge in [0.1, 0.15) is 5.82 Å². The van der Waals surface area contributed by atoms with E-state index in [1.165, 1.54) is 17.0 Å². The summed E-state index contributed by atoms with van der Waals surface area (Å²) >= 11 is 0. The molecule has 1 saturated heterocycles. The fourth-order valence-electron chi connectivity index (χ4n) is 3.96. The average molecular weight is 391 g/mol. The summed E-state index contributed by atoms with van der Waals surface area (Å²) in [4.78, 5) is 34.5. The number of imide groups is 1. The highest BCUT2D eigenvalue weighted by atomic mass is 19.1. The molecule has 0 spiro atoms. The third kappa shape index (κ3) is 2.52. The molecule has 3 aliphatic rings. The number of carbonyl (C=O) groups is 2. The summed E-state index contributed by atoms with van der Waals surface area (Å²) in [5.41, 5.74) is 3.50. The quantitative estimate of drug-likeness (QED) is 0.854. The van der Waals surface area contributed by atoms with Crippen LogP contribution in [0.4, 0.5) is 14.9 Å². The van der Waals surface area contributed by atoms with E-state index in [9.17, 15) is 14.0 Å². The molecular weight excluding hydrogens is 373 g/mol. The van der Waals surface area contributed by atoms with Crippen LogP contribution in [-0.2, 0) is 4.79 Å². The molecule has 29 heavy (non-hydrogen) atoms. The Balaban J connectivity index is 1.66. The zero-order chi connectivity index (χ0) is 20.3. The number of urea groups is 1. The lowest BCUT2D eigenvalue weighted by molar-refractivity contribution is -0.126. The van der Waals surface area contributed by atoms with Crippen molar-refractivity contribution in [3.05, 3.63) is 71.7 Å². The van der Waals surface area contributed by atoms with Gasteiger partial charge >= 0.3 is 6.03 Å². The van der Waals surface area contributed by atoms with E-state index in [1.807, 2.05) is 42.3 Å². The Kier molecular flexibility index (Phi) is 3.70. The molecular formula is C21H18FN5O2.